The van der Waals surface area contributed by atoms with Gasteiger partial charge in [0.1, 0.15) is 12.4 Å². The van der Waals surface area contributed by atoms with Crippen molar-refractivity contribution < 1.29 is 4.74 Å². The number of hydrogen-bond donors (Lipinski definition) is 2. The van der Waals surface area contributed by atoms with E-state index in [1.807, 2.05) is 67.1 Å². The second-order valence-corrected chi connectivity index (χ2v) is 6.67. The molecule has 5 nitrogen and oxygen atoms in total. The Bertz CT molecular complexity index is 846. The quantitative estimate of drug-likeness (QED) is 0.454. The molecule has 1 aromatic heterocycles. The summed E-state index contributed by atoms with van der Waals surface area (Å²) < 4.78 is 7.92. The molecule has 0 unspecified atom stereocenters. The van der Waals surface area contributed by atoms with E-state index in [0.29, 0.717) is 11.7 Å². The molecule has 0 atom stereocenters. The molecule has 3 rings (SSSR count). The Kier molecular flexibility index (Phi) is 6.82. The number of rotatable bonds is 8. The maximum atomic E-state index is 5.79. The number of hydrogen-bond acceptors (Lipinski definition) is 3. The minimum atomic E-state index is 0.559. The molecule has 0 saturated heterocycles. The molecule has 0 aliphatic rings. The Morgan fingerprint density at radius 2 is 1.89 bits per heavy atom. The van der Waals surface area contributed by atoms with Crippen LogP contribution < -0.4 is 15.4 Å². The van der Waals surface area contributed by atoms with Crippen molar-refractivity contribution in [2.45, 2.75) is 26.5 Å². The van der Waals surface area contributed by atoms with E-state index in [-0.39, 0.29) is 0 Å². The van der Waals surface area contributed by atoms with Gasteiger partial charge in [0.15, 0.2) is 5.11 Å². The smallest absolute Gasteiger partial charge is 0.170 e. The molecule has 2 N–H and O–H groups in total. The van der Waals surface area contributed by atoms with Gasteiger partial charge in [0.2, 0.25) is 0 Å². The van der Waals surface area contributed by atoms with Crippen molar-refractivity contribution in [3.63, 3.8) is 0 Å². The lowest BCUT2D eigenvalue weighted by Gasteiger charge is -2.12. The van der Waals surface area contributed by atoms with Crippen LogP contribution >= 0.6 is 12.2 Å². The minimum absolute atomic E-state index is 0.559. The Morgan fingerprint density at radius 3 is 2.59 bits per heavy atom. The van der Waals surface area contributed by atoms with Gasteiger partial charge >= 0.3 is 0 Å². The van der Waals surface area contributed by atoms with Crippen LogP contribution in [-0.2, 0) is 13.2 Å². The number of nitrogens with zero attached hydrogens (tertiary/aromatic N) is 2. The molecule has 3 aromatic rings. The number of benzene rings is 2. The number of nitrogens with one attached hydrogen (secondary N) is 2. The van der Waals surface area contributed by atoms with E-state index in [9.17, 15) is 0 Å². The third-order valence-corrected chi connectivity index (χ3v) is 4.39. The molecular weight excluding hydrogens is 356 g/mol. The molecule has 0 spiro atoms. The molecule has 2 aromatic carbocycles. The first-order valence-electron chi connectivity index (χ1n) is 8.99. The average Bonchev–Trinajstić information content (AvgIpc) is 3.10. The third kappa shape index (κ3) is 6.11. The molecule has 0 radical (unpaired) electrons. The highest BCUT2D eigenvalue weighted by Crippen LogP contribution is 2.17. The maximum absolute atomic E-state index is 5.79. The molecule has 6 heteroatoms. The van der Waals surface area contributed by atoms with Gasteiger partial charge in [0.25, 0.3) is 0 Å². The molecule has 0 amide bonds. The zero-order valence-electron chi connectivity index (χ0n) is 15.4. The fourth-order valence-electron chi connectivity index (χ4n) is 2.62. The highest BCUT2D eigenvalue weighted by Gasteiger charge is 2.00. The third-order valence-electron chi connectivity index (χ3n) is 4.14. The van der Waals surface area contributed by atoms with Gasteiger partial charge in [0.05, 0.1) is 6.33 Å². The Hall–Kier alpha value is -2.86. The zero-order valence-corrected chi connectivity index (χ0v) is 16.2. The summed E-state index contributed by atoms with van der Waals surface area (Å²) in [6, 6.07) is 17.9. The van der Waals surface area contributed by atoms with E-state index in [0.717, 1.165) is 36.5 Å². The van der Waals surface area contributed by atoms with Crippen molar-refractivity contribution in [2.24, 2.45) is 0 Å². The van der Waals surface area contributed by atoms with E-state index in [1.165, 1.54) is 5.69 Å². The summed E-state index contributed by atoms with van der Waals surface area (Å²) in [6.45, 7) is 4.35. The van der Waals surface area contributed by atoms with Crippen LogP contribution in [0.2, 0.25) is 0 Å². The first-order chi connectivity index (χ1) is 13.2. The van der Waals surface area contributed by atoms with Crippen LogP contribution in [0.1, 0.15) is 17.7 Å². The van der Waals surface area contributed by atoms with Crippen LogP contribution in [0.5, 0.6) is 5.75 Å². The van der Waals surface area contributed by atoms with Crippen molar-refractivity contribution in [1.29, 1.82) is 0 Å². The average molecular weight is 381 g/mol. The first-order valence-corrected chi connectivity index (χ1v) is 9.40. The van der Waals surface area contributed by atoms with Crippen LogP contribution in [0, 0.1) is 6.92 Å². The molecule has 0 aliphatic carbocycles. The maximum Gasteiger partial charge on any atom is 0.170 e. The second kappa shape index (κ2) is 9.73. The Labute approximate surface area is 165 Å². The fourth-order valence-corrected chi connectivity index (χ4v) is 2.84. The van der Waals surface area contributed by atoms with E-state index in [4.69, 9.17) is 17.0 Å². The summed E-state index contributed by atoms with van der Waals surface area (Å²) in [4.78, 5) is 4.12. The van der Waals surface area contributed by atoms with Gasteiger partial charge in [-0.05, 0) is 55.4 Å². The second-order valence-electron chi connectivity index (χ2n) is 6.26. The summed E-state index contributed by atoms with van der Waals surface area (Å²) in [5.74, 6) is 0.832. The van der Waals surface area contributed by atoms with Gasteiger partial charge in [0, 0.05) is 30.7 Å². The highest BCUT2D eigenvalue weighted by molar-refractivity contribution is 7.80. The number of ether oxygens (including phenoxy) is 1. The zero-order chi connectivity index (χ0) is 18.9. The molecule has 140 valence electrons. The lowest BCUT2D eigenvalue weighted by atomic mass is 10.2. The van der Waals surface area contributed by atoms with Crippen LogP contribution in [0.4, 0.5) is 5.69 Å². The lowest BCUT2D eigenvalue weighted by Crippen LogP contribution is -2.29. The van der Waals surface area contributed by atoms with Gasteiger partial charge < -0.3 is 19.9 Å². The van der Waals surface area contributed by atoms with E-state index in [1.54, 1.807) is 0 Å². The van der Waals surface area contributed by atoms with Crippen LogP contribution in [0.15, 0.2) is 67.1 Å². The van der Waals surface area contributed by atoms with Crippen LogP contribution in [0.25, 0.3) is 0 Å². The first kappa shape index (κ1) is 18.9. The fraction of sp³-hybridized carbons (Fsp3) is 0.238. The molecule has 1 heterocycles. The van der Waals surface area contributed by atoms with Crippen LogP contribution in [-0.4, -0.2) is 21.2 Å². The number of aryl methyl sites for hydroxylation is 2. The Balaban J connectivity index is 1.37. The molecular formula is C21H24N4OS. The number of imidazole rings is 1. The SMILES string of the molecule is Cc1cncn1CCCNC(=S)Nc1ccc(OCc2ccccc2)cc1. The summed E-state index contributed by atoms with van der Waals surface area (Å²) in [7, 11) is 0. The molecule has 0 saturated carbocycles. The predicted octanol–water partition coefficient (Wildman–Crippen LogP) is 4.15. The summed E-state index contributed by atoms with van der Waals surface area (Å²) >= 11 is 5.35. The topological polar surface area (TPSA) is 51.1 Å². The summed E-state index contributed by atoms with van der Waals surface area (Å²) in [6.07, 6.45) is 4.70. The van der Waals surface area contributed by atoms with E-state index < -0.39 is 0 Å². The minimum Gasteiger partial charge on any atom is -0.489 e. The number of thiocarbonyl (C=S) groups is 1. The Morgan fingerprint density at radius 1 is 1.11 bits per heavy atom. The van der Waals surface area contributed by atoms with E-state index >= 15 is 0 Å². The van der Waals surface area contributed by atoms with Gasteiger partial charge in [-0.2, -0.15) is 0 Å². The lowest BCUT2D eigenvalue weighted by molar-refractivity contribution is 0.306. The van der Waals surface area contributed by atoms with Crippen molar-refractivity contribution in [2.75, 3.05) is 11.9 Å². The standard InChI is InChI=1S/C21H24N4OS/c1-17-14-22-16-25(17)13-5-12-23-21(27)24-19-8-10-20(11-9-19)26-15-18-6-3-2-4-7-18/h2-4,6-11,14,16H,5,12-13,15H2,1H3,(H2,23,24,27). The van der Waals surface area contributed by atoms with Crippen molar-refractivity contribution in [3.05, 3.63) is 78.4 Å². The highest BCUT2D eigenvalue weighted by atomic mass is 32.1. The monoisotopic (exact) mass is 380 g/mol. The van der Waals surface area contributed by atoms with Gasteiger partial charge in [-0.15, -0.1) is 0 Å². The van der Waals surface area contributed by atoms with Crippen LogP contribution in [0.3, 0.4) is 0 Å². The number of aromatic nitrogens is 2. The summed E-state index contributed by atoms with van der Waals surface area (Å²) in [5.41, 5.74) is 3.26. The van der Waals surface area contributed by atoms with Gasteiger partial charge in [-0.3, -0.25) is 0 Å². The van der Waals surface area contributed by atoms with E-state index in [2.05, 4.69) is 27.1 Å². The van der Waals surface area contributed by atoms with Crippen molar-refractivity contribution >= 4 is 23.0 Å². The largest absolute Gasteiger partial charge is 0.489 e. The normalized spacial score (nSPS) is 10.4. The van der Waals surface area contributed by atoms with Crippen molar-refractivity contribution in [3.8, 4) is 5.75 Å². The van der Waals surface area contributed by atoms with Gasteiger partial charge in [-0.25, -0.2) is 4.98 Å². The van der Waals surface area contributed by atoms with Gasteiger partial charge in [-0.1, -0.05) is 30.3 Å². The molecule has 0 bridgehead atoms. The molecule has 27 heavy (non-hydrogen) atoms. The molecule has 0 fully saturated rings. The van der Waals surface area contributed by atoms with Crippen molar-refractivity contribution in [1.82, 2.24) is 14.9 Å². The summed E-state index contributed by atoms with van der Waals surface area (Å²) in [5, 5.41) is 7.04. The molecule has 0 aliphatic heterocycles. The predicted molar refractivity (Wildman–Crippen MR) is 113 cm³/mol. The number of anilines is 1.